The molecule has 88 valence electrons. The van der Waals surface area contributed by atoms with Crippen LogP contribution in [0, 0.1) is 18.8 Å². The molecule has 2 heterocycles. The molecule has 1 unspecified atom stereocenters. The molecular formula is C12H20N4. The predicted molar refractivity (Wildman–Crippen MR) is 66.3 cm³/mol. The number of nitrogens with zero attached hydrogens (tertiary/aromatic N) is 3. The van der Waals surface area contributed by atoms with Gasteiger partial charge in [-0.2, -0.15) is 0 Å². The fraction of sp³-hybridized carbons (Fsp3) is 0.667. The quantitative estimate of drug-likeness (QED) is 0.826. The lowest BCUT2D eigenvalue weighted by Gasteiger charge is -2.19. The van der Waals surface area contributed by atoms with Crippen molar-refractivity contribution in [3.8, 4) is 0 Å². The number of anilines is 2. The molecule has 1 aliphatic rings. The zero-order valence-corrected chi connectivity index (χ0v) is 10.3. The Morgan fingerprint density at radius 1 is 1.44 bits per heavy atom. The molecule has 1 atom stereocenters. The number of rotatable bonds is 2. The van der Waals surface area contributed by atoms with E-state index in [2.05, 4.69) is 28.7 Å². The molecule has 2 N–H and O–H groups in total. The molecule has 1 aromatic heterocycles. The summed E-state index contributed by atoms with van der Waals surface area (Å²) in [6.07, 6.45) is 1.25. The number of aryl methyl sites for hydroxylation is 1. The molecule has 0 aliphatic carbocycles. The van der Waals surface area contributed by atoms with Gasteiger partial charge in [0.05, 0.1) is 0 Å². The summed E-state index contributed by atoms with van der Waals surface area (Å²) in [7, 11) is 0. The van der Waals surface area contributed by atoms with Crippen LogP contribution in [0.1, 0.15) is 26.1 Å². The van der Waals surface area contributed by atoms with Gasteiger partial charge < -0.3 is 10.6 Å². The second-order valence-electron chi connectivity index (χ2n) is 4.94. The van der Waals surface area contributed by atoms with E-state index in [1.165, 1.54) is 6.42 Å². The van der Waals surface area contributed by atoms with Gasteiger partial charge in [-0.25, -0.2) is 9.97 Å². The Morgan fingerprint density at radius 2 is 2.19 bits per heavy atom. The molecule has 4 nitrogen and oxygen atoms in total. The summed E-state index contributed by atoms with van der Waals surface area (Å²) < 4.78 is 0. The Kier molecular flexibility index (Phi) is 2.99. The van der Waals surface area contributed by atoms with Crippen LogP contribution in [0.4, 0.5) is 11.6 Å². The first-order valence-electron chi connectivity index (χ1n) is 5.92. The Hall–Kier alpha value is -1.32. The van der Waals surface area contributed by atoms with E-state index in [4.69, 9.17) is 5.73 Å². The van der Waals surface area contributed by atoms with Gasteiger partial charge in [-0.1, -0.05) is 13.8 Å². The van der Waals surface area contributed by atoms with Crippen molar-refractivity contribution in [1.29, 1.82) is 0 Å². The first-order chi connectivity index (χ1) is 7.56. The number of aromatic nitrogens is 2. The highest BCUT2D eigenvalue weighted by atomic mass is 15.2. The molecule has 0 bridgehead atoms. The average molecular weight is 220 g/mol. The smallest absolute Gasteiger partial charge is 0.134 e. The Labute approximate surface area is 96.9 Å². The van der Waals surface area contributed by atoms with Crippen molar-refractivity contribution in [1.82, 2.24) is 9.97 Å². The third kappa shape index (κ3) is 2.26. The highest BCUT2D eigenvalue weighted by molar-refractivity contribution is 5.47. The third-order valence-corrected chi connectivity index (χ3v) is 3.34. The minimum Gasteiger partial charge on any atom is -0.384 e. The molecular weight excluding hydrogens is 200 g/mol. The van der Waals surface area contributed by atoms with Gasteiger partial charge >= 0.3 is 0 Å². The van der Waals surface area contributed by atoms with Crippen LogP contribution in [0.15, 0.2) is 6.07 Å². The van der Waals surface area contributed by atoms with Crippen LogP contribution in [0.2, 0.25) is 0 Å². The Morgan fingerprint density at radius 3 is 2.75 bits per heavy atom. The molecule has 4 heteroatoms. The van der Waals surface area contributed by atoms with E-state index >= 15 is 0 Å². The number of nitrogens with two attached hydrogens (primary N) is 1. The predicted octanol–water partition coefficient (Wildman–Crippen LogP) is 1.85. The lowest BCUT2D eigenvalue weighted by Crippen LogP contribution is -2.22. The fourth-order valence-electron chi connectivity index (χ4n) is 2.28. The van der Waals surface area contributed by atoms with Crippen LogP contribution in [0.5, 0.6) is 0 Å². The molecule has 0 aromatic carbocycles. The summed E-state index contributed by atoms with van der Waals surface area (Å²) in [5.74, 6) is 3.81. The SMILES string of the molecule is Cc1nc(N)cc(N2CCC(C(C)C)C2)n1. The minimum atomic E-state index is 0.565. The second-order valence-corrected chi connectivity index (χ2v) is 4.94. The van der Waals surface area contributed by atoms with Gasteiger partial charge in [-0.3, -0.25) is 0 Å². The topological polar surface area (TPSA) is 55.0 Å². The van der Waals surface area contributed by atoms with Crippen molar-refractivity contribution in [2.24, 2.45) is 11.8 Å². The maximum Gasteiger partial charge on any atom is 0.134 e. The van der Waals surface area contributed by atoms with Gasteiger partial charge in [0.25, 0.3) is 0 Å². The molecule has 1 fully saturated rings. The van der Waals surface area contributed by atoms with E-state index in [0.29, 0.717) is 5.82 Å². The van der Waals surface area contributed by atoms with Gasteiger partial charge in [-0.05, 0) is 25.2 Å². The summed E-state index contributed by atoms with van der Waals surface area (Å²) in [5.41, 5.74) is 5.74. The van der Waals surface area contributed by atoms with Crippen LogP contribution in [0.3, 0.4) is 0 Å². The molecule has 0 amide bonds. The third-order valence-electron chi connectivity index (χ3n) is 3.34. The number of hydrogen-bond donors (Lipinski definition) is 1. The van der Waals surface area contributed by atoms with E-state index in [-0.39, 0.29) is 0 Å². The maximum absolute atomic E-state index is 5.74. The van der Waals surface area contributed by atoms with Crippen LogP contribution in [-0.2, 0) is 0 Å². The van der Waals surface area contributed by atoms with Gasteiger partial charge in [0.2, 0.25) is 0 Å². The summed E-state index contributed by atoms with van der Waals surface area (Å²) in [6.45, 7) is 8.63. The molecule has 1 aromatic rings. The van der Waals surface area contributed by atoms with Gasteiger partial charge in [-0.15, -0.1) is 0 Å². The van der Waals surface area contributed by atoms with E-state index in [1.54, 1.807) is 0 Å². The van der Waals surface area contributed by atoms with Crippen molar-refractivity contribution < 1.29 is 0 Å². The molecule has 0 spiro atoms. The summed E-state index contributed by atoms with van der Waals surface area (Å²) in [6, 6.07) is 1.87. The minimum absolute atomic E-state index is 0.565. The van der Waals surface area contributed by atoms with E-state index in [1.807, 2.05) is 13.0 Å². The normalized spacial score (nSPS) is 20.8. The van der Waals surface area contributed by atoms with E-state index in [0.717, 1.165) is 36.6 Å². The van der Waals surface area contributed by atoms with Gasteiger partial charge in [0.15, 0.2) is 0 Å². The van der Waals surface area contributed by atoms with Crippen molar-refractivity contribution >= 4 is 11.6 Å². The molecule has 2 rings (SSSR count). The van der Waals surface area contributed by atoms with Crippen molar-refractivity contribution in [3.63, 3.8) is 0 Å². The highest BCUT2D eigenvalue weighted by Gasteiger charge is 2.25. The van der Waals surface area contributed by atoms with Gasteiger partial charge in [0, 0.05) is 19.2 Å². The summed E-state index contributed by atoms with van der Waals surface area (Å²) in [4.78, 5) is 10.9. The Balaban J connectivity index is 2.14. The molecule has 0 radical (unpaired) electrons. The van der Waals surface area contributed by atoms with Crippen molar-refractivity contribution in [2.75, 3.05) is 23.7 Å². The zero-order valence-electron chi connectivity index (χ0n) is 10.3. The monoisotopic (exact) mass is 220 g/mol. The first kappa shape index (κ1) is 11.2. The van der Waals surface area contributed by atoms with E-state index in [9.17, 15) is 0 Å². The zero-order chi connectivity index (χ0) is 11.7. The molecule has 0 saturated carbocycles. The fourth-order valence-corrected chi connectivity index (χ4v) is 2.28. The molecule has 16 heavy (non-hydrogen) atoms. The Bertz CT molecular complexity index is 355. The molecule has 1 aliphatic heterocycles. The second kappa shape index (κ2) is 4.28. The largest absolute Gasteiger partial charge is 0.384 e. The lowest BCUT2D eigenvalue weighted by atomic mass is 9.95. The first-order valence-corrected chi connectivity index (χ1v) is 5.92. The standard InChI is InChI=1S/C12H20N4/c1-8(2)10-4-5-16(7-10)12-6-11(13)14-9(3)15-12/h6,8,10H,4-5,7H2,1-3H3,(H2,13,14,15). The van der Waals surface area contributed by atoms with E-state index < -0.39 is 0 Å². The van der Waals surface area contributed by atoms with Crippen LogP contribution in [0.25, 0.3) is 0 Å². The maximum atomic E-state index is 5.74. The van der Waals surface area contributed by atoms with Gasteiger partial charge in [0.1, 0.15) is 17.5 Å². The van der Waals surface area contributed by atoms with Crippen LogP contribution >= 0.6 is 0 Å². The van der Waals surface area contributed by atoms with Crippen LogP contribution in [-0.4, -0.2) is 23.1 Å². The summed E-state index contributed by atoms with van der Waals surface area (Å²) >= 11 is 0. The van der Waals surface area contributed by atoms with Crippen LogP contribution < -0.4 is 10.6 Å². The lowest BCUT2D eigenvalue weighted by molar-refractivity contribution is 0.422. The average Bonchev–Trinajstić information content (AvgIpc) is 2.64. The van der Waals surface area contributed by atoms with Crippen molar-refractivity contribution in [3.05, 3.63) is 11.9 Å². The summed E-state index contributed by atoms with van der Waals surface area (Å²) in [5, 5.41) is 0. The van der Waals surface area contributed by atoms with Crippen molar-refractivity contribution in [2.45, 2.75) is 27.2 Å². The highest BCUT2D eigenvalue weighted by Crippen LogP contribution is 2.27. The molecule has 1 saturated heterocycles. The number of nitrogen functional groups attached to an aromatic ring is 1. The number of hydrogen-bond acceptors (Lipinski definition) is 4.